The zero-order valence-electron chi connectivity index (χ0n) is 14.8. The summed E-state index contributed by atoms with van der Waals surface area (Å²) in [5.74, 6) is 0.724. The van der Waals surface area contributed by atoms with E-state index in [1.54, 1.807) is 6.20 Å². The van der Waals surface area contributed by atoms with Gasteiger partial charge in [0.2, 0.25) is 5.78 Å². The van der Waals surface area contributed by atoms with Crippen LogP contribution in [0.25, 0.3) is 0 Å². The van der Waals surface area contributed by atoms with Crippen molar-refractivity contribution in [3.8, 4) is 0 Å². The Morgan fingerprint density at radius 1 is 1.29 bits per heavy atom. The summed E-state index contributed by atoms with van der Waals surface area (Å²) in [6, 6.07) is 7.70. The van der Waals surface area contributed by atoms with E-state index < -0.39 is 0 Å². The number of thiophene rings is 1. The number of ketones is 1. The molecule has 2 heterocycles. The van der Waals surface area contributed by atoms with Crippen molar-refractivity contribution in [2.45, 2.75) is 39.7 Å². The molecule has 0 spiro atoms. The van der Waals surface area contributed by atoms with Gasteiger partial charge in [-0.05, 0) is 63.0 Å². The molecule has 0 amide bonds. The number of carbonyl (C=O) groups excluding carboxylic acids is 1. The van der Waals surface area contributed by atoms with Crippen LogP contribution < -0.4 is 5.32 Å². The van der Waals surface area contributed by atoms with Crippen LogP contribution in [0.3, 0.4) is 0 Å². The molecule has 1 atom stereocenters. The number of carbonyl (C=O) groups is 1. The highest BCUT2D eigenvalue weighted by Gasteiger charge is 2.16. The van der Waals surface area contributed by atoms with E-state index in [2.05, 4.69) is 36.0 Å². The van der Waals surface area contributed by atoms with Gasteiger partial charge in [-0.25, -0.2) is 4.98 Å². The zero-order chi connectivity index (χ0) is 17.4. The average Bonchev–Trinajstić information content (AvgIpc) is 3.13. The normalized spacial score (nSPS) is 12.3. The van der Waals surface area contributed by atoms with Crippen molar-refractivity contribution in [3.63, 3.8) is 0 Å². The molecule has 130 valence electrons. The van der Waals surface area contributed by atoms with E-state index in [0.29, 0.717) is 11.4 Å². The fourth-order valence-corrected chi connectivity index (χ4v) is 3.39. The Kier molecular flexibility index (Phi) is 7.40. The van der Waals surface area contributed by atoms with Gasteiger partial charge < -0.3 is 10.2 Å². The van der Waals surface area contributed by atoms with Gasteiger partial charge in [0, 0.05) is 12.2 Å². The van der Waals surface area contributed by atoms with E-state index in [4.69, 9.17) is 0 Å². The lowest BCUT2D eigenvalue weighted by Crippen LogP contribution is -2.26. The molecule has 0 bridgehead atoms. The summed E-state index contributed by atoms with van der Waals surface area (Å²) in [7, 11) is 0. The molecule has 0 aliphatic rings. The first-order chi connectivity index (χ1) is 11.7. The zero-order valence-corrected chi connectivity index (χ0v) is 15.6. The molecule has 0 fully saturated rings. The lowest BCUT2D eigenvalue weighted by Gasteiger charge is -2.20. The summed E-state index contributed by atoms with van der Waals surface area (Å²) >= 11 is 1.46. The summed E-state index contributed by atoms with van der Waals surface area (Å²) in [5, 5.41) is 5.34. The SMILES string of the molecule is CCN(CC)CCCC(C)Nc1ncccc1C(=O)c1cccs1. The molecule has 24 heavy (non-hydrogen) atoms. The molecule has 0 saturated carbocycles. The Balaban J connectivity index is 1.96. The van der Waals surface area contributed by atoms with E-state index in [0.717, 1.165) is 37.4 Å². The van der Waals surface area contributed by atoms with E-state index >= 15 is 0 Å². The van der Waals surface area contributed by atoms with Gasteiger partial charge in [-0.2, -0.15) is 0 Å². The third-order valence-electron chi connectivity index (χ3n) is 4.19. The molecule has 0 aliphatic carbocycles. The van der Waals surface area contributed by atoms with Crippen molar-refractivity contribution in [1.82, 2.24) is 9.88 Å². The van der Waals surface area contributed by atoms with Crippen LogP contribution in [0.15, 0.2) is 35.8 Å². The smallest absolute Gasteiger partial charge is 0.206 e. The second kappa shape index (κ2) is 9.55. The fourth-order valence-electron chi connectivity index (χ4n) is 2.71. The molecular weight excluding hydrogens is 318 g/mol. The van der Waals surface area contributed by atoms with E-state index in [9.17, 15) is 4.79 Å². The van der Waals surface area contributed by atoms with Crippen LogP contribution in [0.4, 0.5) is 5.82 Å². The predicted octanol–water partition coefficient (Wildman–Crippen LogP) is 4.30. The summed E-state index contributed by atoms with van der Waals surface area (Å²) in [6.07, 6.45) is 3.92. The van der Waals surface area contributed by atoms with Crippen LogP contribution in [0.1, 0.15) is 48.8 Å². The largest absolute Gasteiger partial charge is 0.367 e. The summed E-state index contributed by atoms with van der Waals surface area (Å²) in [5.41, 5.74) is 0.649. The topological polar surface area (TPSA) is 45.2 Å². The highest BCUT2D eigenvalue weighted by Crippen LogP contribution is 2.21. The molecule has 1 N–H and O–H groups in total. The van der Waals surface area contributed by atoms with Crippen molar-refractivity contribution in [3.05, 3.63) is 46.3 Å². The molecule has 2 aromatic rings. The summed E-state index contributed by atoms with van der Waals surface area (Å²) < 4.78 is 0. The standard InChI is InChI=1S/C19H27N3OS/c1-4-22(5-2)13-7-9-15(3)21-19-16(10-6-12-20-19)18(23)17-11-8-14-24-17/h6,8,10-12,14-15H,4-5,7,9,13H2,1-3H3,(H,20,21). The Morgan fingerprint density at radius 2 is 2.08 bits per heavy atom. The monoisotopic (exact) mass is 345 g/mol. The van der Waals surface area contributed by atoms with Gasteiger partial charge >= 0.3 is 0 Å². The van der Waals surface area contributed by atoms with Gasteiger partial charge in [0.05, 0.1) is 10.4 Å². The molecule has 0 saturated heterocycles. The Hall–Kier alpha value is -1.72. The van der Waals surface area contributed by atoms with Gasteiger partial charge in [-0.1, -0.05) is 19.9 Å². The minimum absolute atomic E-state index is 0.0379. The second-order valence-electron chi connectivity index (χ2n) is 5.92. The van der Waals surface area contributed by atoms with Crippen molar-refractivity contribution in [2.75, 3.05) is 25.0 Å². The quantitative estimate of drug-likeness (QED) is 0.652. The molecule has 4 nitrogen and oxygen atoms in total. The first-order valence-electron chi connectivity index (χ1n) is 8.67. The Labute approximate surface area is 148 Å². The lowest BCUT2D eigenvalue weighted by atomic mass is 10.1. The van der Waals surface area contributed by atoms with Crippen LogP contribution in [0, 0.1) is 0 Å². The first kappa shape index (κ1) is 18.6. The number of nitrogens with one attached hydrogen (secondary N) is 1. The van der Waals surface area contributed by atoms with E-state index in [-0.39, 0.29) is 11.8 Å². The minimum Gasteiger partial charge on any atom is -0.367 e. The van der Waals surface area contributed by atoms with Crippen LogP contribution >= 0.6 is 11.3 Å². The van der Waals surface area contributed by atoms with Crippen molar-refractivity contribution >= 4 is 22.9 Å². The second-order valence-corrected chi connectivity index (χ2v) is 6.87. The number of nitrogens with zero attached hydrogens (tertiary/aromatic N) is 2. The van der Waals surface area contributed by atoms with Crippen molar-refractivity contribution in [1.29, 1.82) is 0 Å². The number of rotatable bonds is 10. The minimum atomic E-state index is 0.0379. The van der Waals surface area contributed by atoms with E-state index in [1.807, 2.05) is 29.6 Å². The van der Waals surface area contributed by atoms with Crippen molar-refractivity contribution in [2.24, 2.45) is 0 Å². The predicted molar refractivity (Wildman–Crippen MR) is 102 cm³/mol. The van der Waals surface area contributed by atoms with Crippen LogP contribution in [-0.2, 0) is 0 Å². The number of aromatic nitrogens is 1. The molecule has 2 aromatic heterocycles. The Bertz CT molecular complexity index is 623. The van der Waals surface area contributed by atoms with Gasteiger partial charge in [0.1, 0.15) is 5.82 Å². The highest BCUT2D eigenvalue weighted by molar-refractivity contribution is 7.12. The maximum atomic E-state index is 12.6. The fraction of sp³-hybridized carbons (Fsp3) is 0.474. The van der Waals surface area contributed by atoms with Crippen LogP contribution in [0.5, 0.6) is 0 Å². The third-order valence-corrected chi connectivity index (χ3v) is 5.05. The van der Waals surface area contributed by atoms with Gasteiger partial charge in [-0.15, -0.1) is 11.3 Å². The van der Waals surface area contributed by atoms with Gasteiger partial charge in [-0.3, -0.25) is 4.79 Å². The number of pyridine rings is 1. The molecule has 2 rings (SSSR count). The molecule has 1 unspecified atom stereocenters. The van der Waals surface area contributed by atoms with Gasteiger partial charge in [0.25, 0.3) is 0 Å². The van der Waals surface area contributed by atoms with E-state index in [1.165, 1.54) is 11.3 Å². The number of anilines is 1. The Morgan fingerprint density at radius 3 is 2.75 bits per heavy atom. The van der Waals surface area contributed by atoms with Crippen LogP contribution in [-0.4, -0.2) is 41.3 Å². The molecule has 0 aromatic carbocycles. The first-order valence-corrected chi connectivity index (χ1v) is 9.55. The molecule has 0 aliphatic heterocycles. The number of hydrogen-bond donors (Lipinski definition) is 1. The third kappa shape index (κ3) is 5.14. The molecular formula is C19H27N3OS. The van der Waals surface area contributed by atoms with Crippen LogP contribution in [0.2, 0.25) is 0 Å². The number of hydrogen-bond acceptors (Lipinski definition) is 5. The van der Waals surface area contributed by atoms with Crippen molar-refractivity contribution < 1.29 is 4.79 Å². The lowest BCUT2D eigenvalue weighted by molar-refractivity contribution is 0.104. The maximum absolute atomic E-state index is 12.6. The molecule has 0 radical (unpaired) electrons. The average molecular weight is 346 g/mol. The molecule has 5 heteroatoms. The summed E-state index contributed by atoms with van der Waals surface area (Å²) in [4.78, 5) is 20.2. The highest BCUT2D eigenvalue weighted by atomic mass is 32.1. The van der Waals surface area contributed by atoms with Gasteiger partial charge in [0.15, 0.2) is 0 Å². The maximum Gasteiger partial charge on any atom is 0.206 e. The summed E-state index contributed by atoms with van der Waals surface area (Å²) in [6.45, 7) is 9.84.